The zero-order valence-corrected chi connectivity index (χ0v) is 12.7. The predicted molar refractivity (Wildman–Crippen MR) is 70.2 cm³/mol. The van der Waals surface area contributed by atoms with Crippen molar-refractivity contribution in [3.05, 3.63) is 0 Å². The van der Waals surface area contributed by atoms with Crippen molar-refractivity contribution in [2.24, 2.45) is 11.7 Å². The van der Waals surface area contributed by atoms with Crippen molar-refractivity contribution < 1.29 is 46.1 Å². The number of nitrogens with two attached hydrogens (primary N) is 2. The van der Waals surface area contributed by atoms with Crippen LogP contribution in [-0.4, -0.2) is 46.6 Å². The second kappa shape index (κ2) is 12.7. The fourth-order valence-electron chi connectivity index (χ4n) is 0.812. The SMILES string of the molecule is CC(CC(F)(F)F)NN.CC(CC(F)(F)F)NN.O=C(O)C(=O)O. The Labute approximate surface area is 133 Å². The van der Waals surface area contributed by atoms with Crippen LogP contribution in [0, 0.1) is 0 Å². The average Bonchev–Trinajstić information content (AvgIpc) is 2.35. The molecule has 24 heavy (non-hydrogen) atoms. The maximum Gasteiger partial charge on any atom is 0.414 e. The summed E-state index contributed by atoms with van der Waals surface area (Å²) in [5.41, 5.74) is 4.00. The van der Waals surface area contributed by atoms with Gasteiger partial charge in [0.25, 0.3) is 0 Å². The molecule has 0 aliphatic carbocycles. The molecule has 0 aromatic heterocycles. The van der Waals surface area contributed by atoms with E-state index in [1.165, 1.54) is 13.8 Å². The van der Waals surface area contributed by atoms with Crippen molar-refractivity contribution in [1.82, 2.24) is 10.9 Å². The highest BCUT2D eigenvalue weighted by atomic mass is 19.4. The second-order valence-electron chi connectivity index (χ2n) is 4.38. The lowest BCUT2D eigenvalue weighted by Gasteiger charge is -2.11. The van der Waals surface area contributed by atoms with E-state index < -0.39 is 49.2 Å². The van der Waals surface area contributed by atoms with Crippen LogP contribution in [0.4, 0.5) is 26.3 Å². The molecule has 0 rings (SSSR count). The average molecular weight is 374 g/mol. The maximum absolute atomic E-state index is 11.4. The molecule has 2 atom stereocenters. The van der Waals surface area contributed by atoms with Crippen LogP contribution in [0.1, 0.15) is 26.7 Å². The van der Waals surface area contributed by atoms with Gasteiger partial charge in [-0.3, -0.25) is 22.5 Å². The number of hydrazine groups is 2. The van der Waals surface area contributed by atoms with Crippen molar-refractivity contribution in [2.45, 2.75) is 51.1 Å². The van der Waals surface area contributed by atoms with E-state index in [1.807, 2.05) is 10.9 Å². The summed E-state index contributed by atoms with van der Waals surface area (Å²) in [6.45, 7) is 2.74. The first-order chi connectivity index (χ1) is 10.6. The number of hydrogen-bond donors (Lipinski definition) is 6. The van der Waals surface area contributed by atoms with Crippen molar-refractivity contribution in [2.75, 3.05) is 0 Å². The summed E-state index contributed by atoms with van der Waals surface area (Å²) in [5.74, 6) is 5.81. The predicted octanol–water partition coefficient (Wildman–Crippen LogP) is 0.737. The molecule has 0 aliphatic rings. The smallest absolute Gasteiger partial charge is 0.414 e. The maximum atomic E-state index is 11.4. The molecule has 0 aliphatic heterocycles. The molecule has 0 fully saturated rings. The first-order valence-electron chi connectivity index (χ1n) is 6.07. The van der Waals surface area contributed by atoms with Gasteiger partial charge < -0.3 is 10.2 Å². The quantitative estimate of drug-likeness (QED) is 0.182. The standard InChI is InChI=1S/2C4H9F3N2.C2H2O4/c2*1-3(9-8)2-4(5,6)7;3-1(4)2(5)6/h2*3,9H,2,8H2,1H3;(H,3,4)(H,5,6). The third-order valence-electron chi connectivity index (χ3n) is 1.83. The van der Waals surface area contributed by atoms with E-state index in [2.05, 4.69) is 0 Å². The molecule has 0 spiro atoms. The van der Waals surface area contributed by atoms with Crippen LogP contribution < -0.4 is 22.5 Å². The van der Waals surface area contributed by atoms with Gasteiger partial charge in [-0.25, -0.2) is 9.59 Å². The largest absolute Gasteiger partial charge is 0.473 e. The van der Waals surface area contributed by atoms with Gasteiger partial charge in [0.15, 0.2) is 0 Å². The summed E-state index contributed by atoms with van der Waals surface area (Å²) < 4.78 is 68.4. The number of carboxylic acid groups (broad SMARTS) is 2. The van der Waals surface area contributed by atoms with E-state index >= 15 is 0 Å². The Kier molecular flexibility index (Phi) is 14.5. The second-order valence-corrected chi connectivity index (χ2v) is 4.38. The highest BCUT2D eigenvalue weighted by molar-refractivity contribution is 6.27. The highest BCUT2D eigenvalue weighted by Gasteiger charge is 2.29. The first-order valence-corrected chi connectivity index (χ1v) is 6.07. The Morgan fingerprint density at radius 1 is 0.833 bits per heavy atom. The van der Waals surface area contributed by atoms with Crippen LogP contribution in [0.25, 0.3) is 0 Å². The van der Waals surface area contributed by atoms with Gasteiger partial charge in [0.05, 0.1) is 12.8 Å². The molecule has 0 heterocycles. The summed E-state index contributed by atoms with van der Waals surface area (Å²) in [7, 11) is 0. The number of alkyl halides is 6. The van der Waals surface area contributed by atoms with Gasteiger partial charge in [-0.05, 0) is 13.8 Å². The van der Waals surface area contributed by atoms with Gasteiger partial charge >= 0.3 is 24.3 Å². The summed E-state index contributed by atoms with van der Waals surface area (Å²) in [5, 5.41) is 14.8. The third-order valence-corrected chi connectivity index (χ3v) is 1.83. The Hall–Kier alpha value is -1.64. The molecule has 14 heteroatoms. The molecule has 0 saturated heterocycles. The number of aliphatic carboxylic acids is 2. The molecule has 0 aromatic rings. The van der Waals surface area contributed by atoms with Gasteiger partial charge in [-0.1, -0.05) is 0 Å². The monoisotopic (exact) mass is 374 g/mol. The molecule has 0 aromatic carbocycles. The van der Waals surface area contributed by atoms with Crippen molar-refractivity contribution in [3.63, 3.8) is 0 Å². The fourth-order valence-corrected chi connectivity index (χ4v) is 0.812. The van der Waals surface area contributed by atoms with Crippen molar-refractivity contribution in [3.8, 4) is 0 Å². The van der Waals surface area contributed by atoms with E-state index in [4.69, 9.17) is 31.5 Å². The molecule has 0 radical (unpaired) electrons. The van der Waals surface area contributed by atoms with E-state index in [9.17, 15) is 26.3 Å². The lowest BCUT2D eigenvalue weighted by molar-refractivity contribution is -0.159. The van der Waals surface area contributed by atoms with Crippen LogP contribution in [0.3, 0.4) is 0 Å². The molecular formula is C10H20F6N4O4. The van der Waals surface area contributed by atoms with E-state index in [-0.39, 0.29) is 0 Å². The zero-order chi connectivity index (χ0) is 20.1. The molecule has 0 amide bonds. The van der Waals surface area contributed by atoms with E-state index in [1.54, 1.807) is 0 Å². The Morgan fingerprint density at radius 2 is 1.04 bits per heavy atom. The Bertz CT molecular complexity index is 330. The van der Waals surface area contributed by atoms with Crippen LogP contribution >= 0.6 is 0 Å². The minimum Gasteiger partial charge on any atom is -0.473 e. The number of halogens is 6. The summed E-state index contributed by atoms with van der Waals surface area (Å²) in [6, 6.07) is -1.41. The van der Waals surface area contributed by atoms with Gasteiger partial charge in [-0.15, -0.1) is 0 Å². The molecule has 8 N–H and O–H groups in total. The molecular weight excluding hydrogens is 354 g/mol. The normalized spacial score (nSPS) is 13.6. The first kappa shape index (κ1) is 27.2. The number of rotatable bonds is 4. The van der Waals surface area contributed by atoms with Crippen LogP contribution in [0.2, 0.25) is 0 Å². The Morgan fingerprint density at radius 3 is 1.08 bits per heavy atom. The molecule has 0 bridgehead atoms. The van der Waals surface area contributed by atoms with Gasteiger partial charge in [0.2, 0.25) is 0 Å². The molecule has 0 saturated carbocycles. The van der Waals surface area contributed by atoms with Crippen LogP contribution in [0.5, 0.6) is 0 Å². The summed E-state index contributed by atoms with van der Waals surface area (Å²) >= 11 is 0. The van der Waals surface area contributed by atoms with Crippen molar-refractivity contribution >= 4 is 11.9 Å². The lowest BCUT2D eigenvalue weighted by atomic mass is 10.2. The number of carbonyl (C=O) groups is 2. The highest BCUT2D eigenvalue weighted by Crippen LogP contribution is 2.21. The third kappa shape index (κ3) is 28.5. The zero-order valence-electron chi connectivity index (χ0n) is 12.7. The van der Waals surface area contributed by atoms with Crippen LogP contribution in [0.15, 0.2) is 0 Å². The topological polar surface area (TPSA) is 151 Å². The van der Waals surface area contributed by atoms with Crippen molar-refractivity contribution in [1.29, 1.82) is 0 Å². The van der Waals surface area contributed by atoms with E-state index in [0.717, 1.165) is 0 Å². The summed E-state index contributed by atoms with van der Waals surface area (Å²) in [4.78, 5) is 18.2. The van der Waals surface area contributed by atoms with Gasteiger partial charge in [0, 0.05) is 12.1 Å². The van der Waals surface area contributed by atoms with Gasteiger partial charge in [0.1, 0.15) is 0 Å². The van der Waals surface area contributed by atoms with Gasteiger partial charge in [-0.2, -0.15) is 26.3 Å². The minimum atomic E-state index is -4.12. The molecule has 8 nitrogen and oxygen atoms in total. The Balaban J connectivity index is -0.000000282. The number of hydrogen-bond acceptors (Lipinski definition) is 6. The number of carboxylic acids is 2. The fraction of sp³-hybridized carbons (Fsp3) is 0.800. The van der Waals surface area contributed by atoms with Crippen LogP contribution in [-0.2, 0) is 9.59 Å². The van der Waals surface area contributed by atoms with E-state index in [0.29, 0.717) is 0 Å². The minimum absolute atomic E-state index is 0.704. The molecule has 146 valence electrons. The lowest BCUT2D eigenvalue weighted by Crippen LogP contribution is -2.36. The summed E-state index contributed by atoms with van der Waals surface area (Å²) in [6.07, 6.45) is -10.0. The number of nitrogens with one attached hydrogen (secondary N) is 2. The molecule has 2 unspecified atom stereocenters.